The third-order valence-electron chi connectivity index (χ3n) is 2.90. The minimum atomic E-state index is -1.02. The Kier molecular flexibility index (Phi) is 5.15. The molecule has 0 spiro atoms. The molecule has 106 valence electrons. The zero-order valence-corrected chi connectivity index (χ0v) is 12.7. The molecule has 0 aliphatic carbocycles. The van der Waals surface area contributed by atoms with E-state index < -0.39 is 11.9 Å². The third-order valence-corrected chi connectivity index (χ3v) is 3.39. The molecule has 0 radical (unpaired) electrons. The molecule has 2 aromatic carbocycles. The lowest BCUT2D eigenvalue weighted by molar-refractivity contribution is 0.214. The summed E-state index contributed by atoms with van der Waals surface area (Å²) in [5.74, 6) is 0.249. The predicted molar refractivity (Wildman–Crippen MR) is 80.4 cm³/mol. The van der Waals surface area contributed by atoms with Gasteiger partial charge in [-0.25, -0.2) is 4.39 Å². The number of aliphatic hydroxyl groups excluding tert-OH is 1. The molecule has 2 nitrogen and oxygen atoms in total. The summed E-state index contributed by atoms with van der Waals surface area (Å²) in [7, 11) is 0. The highest BCUT2D eigenvalue weighted by Gasteiger charge is 2.16. The number of hydrogen-bond donors (Lipinski definition) is 1. The van der Waals surface area contributed by atoms with Crippen molar-refractivity contribution in [1.29, 1.82) is 0 Å². The van der Waals surface area contributed by atoms with Crippen molar-refractivity contribution in [3.63, 3.8) is 0 Å². The molecule has 0 aliphatic rings. The summed E-state index contributed by atoms with van der Waals surface area (Å²) in [6.45, 7) is 2.64. The van der Waals surface area contributed by atoms with Crippen LogP contribution in [0.5, 0.6) is 5.75 Å². The minimum Gasteiger partial charge on any atom is -0.494 e. The van der Waals surface area contributed by atoms with Crippen LogP contribution in [0.2, 0.25) is 0 Å². The van der Waals surface area contributed by atoms with Crippen molar-refractivity contribution in [2.24, 2.45) is 0 Å². The van der Waals surface area contributed by atoms with Gasteiger partial charge in [-0.15, -0.1) is 0 Å². The standard InChI is InChI=1S/C16H16BrFO2/c1-2-8-20-13-5-3-4-11(9-13)16(19)14-10-12(17)6-7-15(14)18/h3-7,9-10,16,19H,2,8H2,1H3. The van der Waals surface area contributed by atoms with Crippen molar-refractivity contribution in [1.82, 2.24) is 0 Å². The second-order valence-electron chi connectivity index (χ2n) is 4.49. The Labute approximate surface area is 126 Å². The molecule has 0 amide bonds. The van der Waals surface area contributed by atoms with Gasteiger partial charge in [0.1, 0.15) is 17.7 Å². The van der Waals surface area contributed by atoms with Crippen LogP contribution in [-0.4, -0.2) is 11.7 Å². The maximum atomic E-state index is 13.8. The summed E-state index contributed by atoms with van der Waals surface area (Å²) < 4.78 is 20.0. The smallest absolute Gasteiger partial charge is 0.129 e. The molecule has 1 unspecified atom stereocenters. The van der Waals surface area contributed by atoms with Gasteiger partial charge in [0.15, 0.2) is 0 Å². The number of ether oxygens (including phenoxy) is 1. The van der Waals surface area contributed by atoms with E-state index in [1.807, 2.05) is 13.0 Å². The molecule has 0 fully saturated rings. The van der Waals surface area contributed by atoms with Gasteiger partial charge < -0.3 is 9.84 Å². The van der Waals surface area contributed by atoms with Crippen LogP contribution in [0.3, 0.4) is 0 Å². The van der Waals surface area contributed by atoms with E-state index in [9.17, 15) is 9.50 Å². The van der Waals surface area contributed by atoms with Gasteiger partial charge in [0.05, 0.1) is 6.61 Å². The monoisotopic (exact) mass is 338 g/mol. The van der Waals surface area contributed by atoms with E-state index in [0.717, 1.165) is 10.9 Å². The first-order chi connectivity index (χ1) is 9.61. The van der Waals surface area contributed by atoms with E-state index >= 15 is 0 Å². The largest absolute Gasteiger partial charge is 0.494 e. The van der Waals surface area contributed by atoms with Gasteiger partial charge in [-0.05, 0) is 42.3 Å². The van der Waals surface area contributed by atoms with E-state index in [4.69, 9.17) is 4.74 Å². The van der Waals surface area contributed by atoms with Crippen LogP contribution in [0.4, 0.5) is 4.39 Å². The molecular weight excluding hydrogens is 323 g/mol. The lowest BCUT2D eigenvalue weighted by Gasteiger charge is -2.14. The normalized spacial score (nSPS) is 12.2. The molecule has 0 saturated carbocycles. The van der Waals surface area contributed by atoms with Crippen molar-refractivity contribution >= 4 is 15.9 Å². The fourth-order valence-corrected chi connectivity index (χ4v) is 2.28. The van der Waals surface area contributed by atoms with Crippen molar-refractivity contribution in [2.75, 3.05) is 6.61 Å². The van der Waals surface area contributed by atoms with Gasteiger partial charge in [-0.1, -0.05) is 35.0 Å². The highest BCUT2D eigenvalue weighted by Crippen LogP contribution is 2.28. The Morgan fingerprint density at radius 2 is 2.05 bits per heavy atom. The van der Waals surface area contributed by atoms with Crippen LogP contribution in [0.1, 0.15) is 30.6 Å². The second-order valence-corrected chi connectivity index (χ2v) is 5.40. The van der Waals surface area contributed by atoms with E-state index in [-0.39, 0.29) is 5.56 Å². The molecule has 0 aromatic heterocycles. The molecule has 20 heavy (non-hydrogen) atoms. The van der Waals surface area contributed by atoms with Gasteiger partial charge in [0.2, 0.25) is 0 Å². The molecule has 1 N–H and O–H groups in total. The van der Waals surface area contributed by atoms with Gasteiger partial charge in [-0.3, -0.25) is 0 Å². The van der Waals surface area contributed by atoms with Crippen molar-refractivity contribution in [3.8, 4) is 5.75 Å². The number of hydrogen-bond acceptors (Lipinski definition) is 2. The Balaban J connectivity index is 2.28. The Bertz CT molecular complexity index is 586. The minimum absolute atomic E-state index is 0.243. The Morgan fingerprint density at radius 3 is 2.80 bits per heavy atom. The maximum absolute atomic E-state index is 13.8. The van der Waals surface area contributed by atoms with Crippen molar-refractivity contribution < 1.29 is 14.2 Å². The summed E-state index contributed by atoms with van der Waals surface area (Å²) in [5, 5.41) is 10.3. The van der Waals surface area contributed by atoms with Crippen LogP contribution in [0.15, 0.2) is 46.9 Å². The van der Waals surface area contributed by atoms with Crippen LogP contribution >= 0.6 is 15.9 Å². The molecule has 0 heterocycles. The zero-order chi connectivity index (χ0) is 14.5. The molecule has 2 aromatic rings. The summed E-state index contributed by atoms with van der Waals surface area (Å²) in [5.41, 5.74) is 0.850. The fourth-order valence-electron chi connectivity index (χ4n) is 1.90. The van der Waals surface area contributed by atoms with Gasteiger partial charge in [0, 0.05) is 10.0 Å². The highest BCUT2D eigenvalue weighted by atomic mass is 79.9. The van der Waals surface area contributed by atoms with Crippen LogP contribution in [-0.2, 0) is 0 Å². The first-order valence-electron chi connectivity index (χ1n) is 6.47. The predicted octanol–water partition coefficient (Wildman–Crippen LogP) is 4.46. The molecule has 0 aliphatic heterocycles. The average Bonchev–Trinajstić information content (AvgIpc) is 2.47. The lowest BCUT2D eigenvalue weighted by atomic mass is 10.0. The van der Waals surface area contributed by atoms with Crippen LogP contribution in [0, 0.1) is 5.82 Å². The number of rotatable bonds is 5. The van der Waals surface area contributed by atoms with Gasteiger partial charge >= 0.3 is 0 Å². The molecule has 0 saturated heterocycles. The average molecular weight is 339 g/mol. The van der Waals surface area contributed by atoms with E-state index in [0.29, 0.717) is 17.9 Å². The number of aliphatic hydroxyl groups is 1. The SMILES string of the molecule is CCCOc1cccc(C(O)c2cc(Br)ccc2F)c1. The summed E-state index contributed by atoms with van der Waals surface area (Å²) >= 11 is 3.28. The third kappa shape index (κ3) is 3.58. The first kappa shape index (κ1) is 15.0. The first-order valence-corrected chi connectivity index (χ1v) is 7.27. The quantitative estimate of drug-likeness (QED) is 0.872. The van der Waals surface area contributed by atoms with Crippen LogP contribution < -0.4 is 4.74 Å². The topological polar surface area (TPSA) is 29.5 Å². The Hall–Kier alpha value is -1.39. The lowest BCUT2D eigenvalue weighted by Crippen LogP contribution is -2.03. The van der Waals surface area contributed by atoms with Crippen LogP contribution in [0.25, 0.3) is 0 Å². The highest BCUT2D eigenvalue weighted by molar-refractivity contribution is 9.10. The Morgan fingerprint density at radius 1 is 1.25 bits per heavy atom. The van der Waals surface area contributed by atoms with Crippen molar-refractivity contribution in [2.45, 2.75) is 19.4 Å². The molecule has 2 rings (SSSR count). The zero-order valence-electron chi connectivity index (χ0n) is 11.1. The molecule has 1 atom stereocenters. The number of halogens is 2. The molecule has 0 bridgehead atoms. The second kappa shape index (κ2) is 6.86. The number of benzene rings is 2. The van der Waals surface area contributed by atoms with E-state index in [1.54, 1.807) is 30.3 Å². The summed E-state index contributed by atoms with van der Waals surface area (Å²) in [4.78, 5) is 0. The van der Waals surface area contributed by atoms with Gasteiger partial charge in [-0.2, -0.15) is 0 Å². The summed E-state index contributed by atoms with van der Waals surface area (Å²) in [6, 6.07) is 11.6. The summed E-state index contributed by atoms with van der Waals surface area (Å²) in [6.07, 6.45) is -0.106. The van der Waals surface area contributed by atoms with E-state index in [1.165, 1.54) is 6.07 Å². The van der Waals surface area contributed by atoms with Gasteiger partial charge in [0.25, 0.3) is 0 Å². The maximum Gasteiger partial charge on any atom is 0.129 e. The molecular formula is C16H16BrFO2. The molecule has 4 heteroatoms. The fraction of sp³-hybridized carbons (Fsp3) is 0.250. The van der Waals surface area contributed by atoms with Crippen molar-refractivity contribution in [3.05, 3.63) is 63.9 Å². The van der Waals surface area contributed by atoms with E-state index in [2.05, 4.69) is 15.9 Å².